The molecule has 0 bridgehead atoms. The van der Waals surface area contributed by atoms with Crippen LogP contribution in [0, 0.1) is 5.92 Å². The average Bonchev–Trinajstić information content (AvgIpc) is 1.75. The van der Waals surface area contributed by atoms with Gasteiger partial charge in [0.1, 0.15) is 78.5 Å². The van der Waals surface area contributed by atoms with Crippen molar-refractivity contribution in [3.05, 3.63) is 48.0 Å². The molecule has 1 saturated heterocycles. The van der Waals surface area contributed by atoms with E-state index in [1.54, 1.807) is 13.8 Å². The molecule has 2 aromatic rings. The molecule has 0 unspecified atom stereocenters. The zero-order valence-electron chi connectivity index (χ0n) is 59.8. The minimum absolute atomic E-state index is 0.000242. The quantitative estimate of drug-likeness (QED) is 0.0166. The van der Waals surface area contributed by atoms with Crippen molar-refractivity contribution in [2.24, 2.45) is 34.6 Å². The fraction of sp³-hybridized carbons (Fsp3) is 0.646. The van der Waals surface area contributed by atoms with Crippen molar-refractivity contribution in [3.63, 3.8) is 0 Å². The van der Waals surface area contributed by atoms with Crippen molar-refractivity contribution in [3.8, 4) is 5.75 Å². The first-order valence-corrected chi connectivity index (χ1v) is 35.6. The number of phenolic OH excluding ortho intramolecular Hbond substituents is 1. The number of likely N-dealkylation sites (tertiary alicyclic amines) is 1. The van der Waals surface area contributed by atoms with Crippen LogP contribution in [0.3, 0.4) is 0 Å². The molecule has 0 aliphatic carbocycles. The van der Waals surface area contributed by atoms with Crippen LogP contribution in [0.4, 0.5) is 0 Å². The number of aromatic nitrogens is 2. The zero-order valence-corrected chi connectivity index (χ0v) is 60.6. The molecule has 1 aliphatic rings. The summed E-state index contributed by atoms with van der Waals surface area (Å²) in [7, 11) is 0. The van der Waals surface area contributed by atoms with Gasteiger partial charge in [-0.15, -0.1) is 0 Å². The number of aliphatic carboxylic acids is 1. The Labute approximate surface area is 614 Å². The van der Waals surface area contributed by atoms with E-state index < -0.39 is 181 Å². The number of carbonyl (C=O) groups excluding carboxylic acids is 13. The van der Waals surface area contributed by atoms with Gasteiger partial charge in [0.2, 0.25) is 76.8 Å². The van der Waals surface area contributed by atoms with Crippen LogP contribution in [-0.4, -0.2) is 255 Å². The van der Waals surface area contributed by atoms with Crippen LogP contribution in [0.2, 0.25) is 0 Å². The van der Waals surface area contributed by atoms with Crippen molar-refractivity contribution < 1.29 is 87.5 Å². The third kappa shape index (κ3) is 33.2. The number of H-pyrrole nitrogens is 1. The molecule has 1 aliphatic heterocycles. The summed E-state index contributed by atoms with van der Waals surface area (Å²) in [6, 6.07) is -9.78. The Morgan fingerprint density at radius 3 is 1.64 bits per heavy atom. The number of nitrogens with two attached hydrogens (primary N) is 5. The normalized spacial score (nSPS) is 15.8. The van der Waals surface area contributed by atoms with Gasteiger partial charge in [-0.2, -0.15) is 12.6 Å². The molecule has 1 aromatic heterocycles. The average molecular weight is 1500 g/mol. The Morgan fingerprint density at radius 2 is 1.11 bits per heavy atom. The second kappa shape index (κ2) is 48.0. The van der Waals surface area contributed by atoms with E-state index >= 15 is 0 Å². The summed E-state index contributed by atoms with van der Waals surface area (Å²) in [5.41, 5.74) is 29.3. The predicted molar refractivity (Wildman–Crippen MR) is 383 cm³/mol. The van der Waals surface area contributed by atoms with Gasteiger partial charge in [-0.1, -0.05) is 26.0 Å². The van der Waals surface area contributed by atoms with E-state index in [0.717, 1.165) is 0 Å². The van der Waals surface area contributed by atoms with Crippen LogP contribution in [0.15, 0.2) is 36.8 Å². The van der Waals surface area contributed by atoms with Crippen LogP contribution in [0.1, 0.15) is 122 Å². The van der Waals surface area contributed by atoms with Crippen molar-refractivity contribution >= 4 is 95.4 Å². The molecule has 3 rings (SSSR count). The maximum Gasteiger partial charge on any atom is 0.327 e. The lowest BCUT2D eigenvalue weighted by atomic mass is 10.0. The number of aliphatic hydroxyl groups excluding tert-OH is 2. The molecule has 13 amide bonds. The van der Waals surface area contributed by atoms with E-state index in [0.29, 0.717) is 43.4 Å². The van der Waals surface area contributed by atoms with E-state index in [2.05, 4.69) is 91.7 Å². The minimum Gasteiger partial charge on any atom is -0.508 e. The molecule has 39 nitrogen and oxygen atoms in total. The number of nitrogens with one attached hydrogen (secondary N) is 14. The van der Waals surface area contributed by atoms with Crippen LogP contribution in [0.25, 0.3) is 0 Å². The molecule has 1 fully saturated rings. The highest BCUT2D eigenvalue weighted by Gasteiger charge is 2.41. The Hall–Kier alpha value is -9.16. The second-order valence-electron chi connectivity index (χ2n) is 25.8. The zero-order chi connectivity index (χ0) is 78.3. The standard InChI is InChI=1S/C65H109N21O18S/c1-35(2)52(84-51(92)31-74-50(91)30-75-61(100)53(36(3)88)85-54(93)41(68)32-87)62(101)79-43(14-7-10-24-72-37(4)89)55(94)80-45(15-6-9-23-67)63(102)86-26-12-17-49(86)60(99)82-47(28-39-29-71-34-76-39)59(98)78-44(16-11-25-73-65(69)70)56(95)81-46(27-38-18-20-40(90)21-19-38)58(97)77-42(13-5-8-22-66)57(96)83-48(33-105)64(103)104/h18-21,29,34-36,41-49,52-53,65,73,87-88,90,105H,5-17,22-28,30-33,66-70H2,1-4H3,(H,71,76)(H,72,89)(H,74,91)(H,75,100)(H,77,97)(H,78,98)(H,79,101)(H,80,94)(H,81,95)(H,82,99)(H,83,96)(H,84,92)(H,85,93)(H,103,104)/t36-,41+,42+,43+,44+,45+,46+,47+,48+,49+,52+,53+/m1/s1. The number of nitrogens with zero attached hydrogens (tertiary/aromatic N) is 2. The van der Waals surface area contributed by atoms with Gasteiger partial charge in [0.05, 0.1) is 32.1 Å². The van der Waals surface area contributed by atoms with E-state index in [9.17, 15) is 87.5 Å². The van der Waals surface area contributed by atoms with Crippen molar-refractivity contribution in [2.75, 3.05) is 58.2 Å². The molecule has 0 saturated carbocycles. The fourth-order valence-corrected chi connectivity index (χ4v) is 11.1. The van der Waals surface area contributed by atoms with Gasteiger partial charge in [0.25, 0.3) is 0 Å². The number of carboxylic acid groups (broad SMARTS) is 1. The van der Waals surface area contributed by atoms with Crippen LogP contribution in [-0.2, 0) is 80.0 Å². The number of unbranched alkanes of at least 4 members (excludes halogenated alkanes) is 3. The third-order valence-corrected chi connectivity index (χ3v) is 17.1. The van der Waals surface area contributed by atoms with Gasteiger partial charge in [-0.05, 0) is 134 Å². The Kier molecular flexibility index (Phi) is 41.2. The van der Waals surface area contributed by atoms with Gasteiger partial charge < -0.3 is 123 Å². The van der Waals surface area contributed by atoms with Gasteiger partial charge in [-0.25, -0.2) is 9.78 Å². The van der Waals surface area contributed by atoms with E-state index in [-0.39, 0.29) is 114 Å². The number of thiol groups is 1. The number of hydrogen-bond acceptors (Lipinski definition) is 25. The third-order valence-electron chi connectivity index (χ3n) is 16.7. The van der Waals surface area contributed by atoms with Crippen LogP contribution >= 0.6 is 12.6 Å². The Balaban J connectivity index is 1.95. The minimum atomic E-state index is -1.57. The number of amides is 13. The topological polar surface area (TPSA) is 638 Å². The summed E-state index contributed by atoms with van der Waals surface area (Å²) >= 11 is 4.03. The molecule has 0 radical (unpaired) electrons. The number of aromatic hydroxyl groups is 1. The molecule has 28 N–H and O–H groups in total. The fourth-order valence-electron chi connectivity index (χ4n) is 10.9. The lowest BCUT2D eigenvalue weighted by Gasteiger charge is -2.31. The smallest absolute Gasteiger partial charge is 0.327 e. The predicted octanol–water partition coefficient (Wildman–Crippen LogP) is -8.01. The van der Waals surface area contributed by atoms with Crippen LogP contribution in [0.5, 0.6) is 5.75 Å². The number of rotatable bonds is 50. The first kappa shape index (κ1) is 90.1. The van der Waals surface area contributed by atoms with Gasteiger partial charge in [-0.3, -0.25) is 67.6 Å². The molecule has 2 heterocycles. The number of phenols is 1. The van der Waals surface area contributed by atoms with E-state index in [1.165, 1.54) is 55.5 Å². The monoisotopic (exact) mass is 1500 g/mol. The van der Waals surface area contributed by atoms with Crippen molar-refractivity contribution in [2.45, 2.75) is 203 Å². The van der Waals surface area contributed by atoms with E-state index in [1.807, 2.05) is 0 Å². The summed E-state index contributed by atoms with van der Waals surface area (Å²) in [6.07, 6.45) is 2.20. The van der Waals surface area contributed by atoms with E-state index in [4.69, 9.17) is 28.7 Å². The van der Waals surface area contributed by atoms with Gasteiger partial charge in [0.15, 0.2) is 0 Å². The number of carboxylic acids is 1. The first-order chi connectivity index (χ1) is 49.8. The molecule has 1 aromatic carbocycles. The van der Waals surface area contributed by atoms with Gasteiger partial charge in [0, 0.05) is 50.5 Å². The molecule has 588 valence electrons. The maximum atomic E-state index is 15.0. The number of benzene rings is 1. The highest BCUT2D eigenvalue weighted by Crippen LogP contribution is 2.22. The first-order valence-electron chi connectivity index (χ1n) is 34.9. The Bertz CT molecular complexity index is 3150. The molecule has 0 spiro atoms. The summed E-state index contributed by atoms with van der Waals surface area (Å²) in [6.45, 7) is 4.29. The molecular formula is C65H109N21O18S. The summed E-state index contributed by atoms with van der Waals surface area (Å²) in [5, 5.41) is 72.3. The summed E-state index contributed by atoms with van der Waals surface area (Å²) in [4.78, 5) is 199. The molecular weight excluding hydrogens is 1390 g/mol. The lowest BCUT2D eigenvalue weighted by molar-refractivity contribution is -0.143. The molecule has 105 heavy (non-hydrogen) atoms. The highest BCUT2D eigenvalue weighted by atomic mass is 32.1. The van der Waals surface area contributed by atoms with Crippen molar-refractivity contribution in [1.29, 1.82) is 0 Å². The molecule has 40 heteroatoms. The number of aromatic amines is 1. The molecule has 12 atom stereocenters. The number of carbonyl (C=O) groups is 14. The largest absolute Gasteiger partial charge is 0.508 e. The maximum absolute atomic E-state index is 15.0. The Morgan fingerprint density at radius 1 is 0.590 bits per heavy atom. The highest BCUT2D eigenvalue weighted by molar-refractivity contribution is 7.80. The number of imidazole rings is 1. The number of hydrogen-bond donors (Lipinski definition) is 24. The summed E-state index contributed by atoms with van der Waals surface area (Å²) in [5.74, 6) is -13.2. The SMILES string of the molecule is CC(=O)NCCCC[C@H](NC(=O)[C@@H](NC(=O)CNC(=O)CNC(=O)[C@@H](NC(=O)[C@@H](N)CO)[C@@H](C)O)C(C)C)C(=O)N[C@@H](CCCCN)C(=O)N1CCC[C@H]1C(=O)N[C@@H](Cc1cnc[nH]1)C(=O)N[C@@H](CCCNC(N)N)C(=O)N[C@@H](Cc1ccc(O)cc1)C(=O)N[C@@H](CCCCN)C(=O)N[C@@H](CS)C(=O)O. The van der Waals surface area contributed by atoms with Crippen LogP contribution < -0.4 is 97.8 Å². The second-order valence-corrected chi connectivity index (χ2v) is 26.1. The number of aliphatic hydroxyl groups is 2. The van der Waals surface area contributed by atoms with Gasteiger partial charge >= 0.3 is 5.97 Å². The summed E-state index contributed by atoms with van der Waals surface area (Å²) < 4.78 is 0. The van der Waals surface area contributed by atoms with Crippen molar-refractivity contribution in [1.82, 2.24) is 84.0 Å². The lowest BCUT2D eigenvalue weighted by Crippen LogP contribution is -2.61.